The van der Waals surface area contributed by atoms with E-state index in [4.69, 9.17) is 10.5 Å². The number of hydrogen-bond acceptors (Lipinski definition) is 6. The number of aromatic amines is 1. The molecule has 0 aliphatic carbocycles. The Bertz CT molecular complexity index is 893. The molecule has 1 aromatic carbocycles. The Labute approximate surface area is 136 Å². The van der Waals surface area contributed by atoms with Crippen LogP contribution in [0.1, 0.15) is 33.2 Å². The van der Waals surface area contributed by atoms with Crippen LogP contribution in [0.3, 0.4) is 0 Å². The molecule has 0 radical (unpaired) electrons. The van der Waals surface area contributed by atoms with Gasteiger partial charge in [-0.25, -0.2) is 9.59 Å². The first kappa shape index (κ1) is 17.2. The summed E-state index contributed by atoms with van der Waals surface area (Å²) in [4.78, 5) is 49.1. The smallest absolute Gasteiger partial charge is 0.338 e. The summed E-state index contributed by atoms with van der Waals surface area (Å²) in [6.45, 7) is 1.33. The van der Waals surface area contributed by atoms with Crippen molar-refractivity contribution in [3.63, 3.8) is 0 Å². The number of Topliss-reactive ketones (excluding diaryl/α,β-unsaturated/α-hetero) is 1. The van der Waals surface area contributed by atoms with Crippen LogP contribution in [0.4, 0.5) is 5.82 Å². The fraction of sp³-hybridized carbons (Fsp3) is 0.250. The number of rotatable bonds is 5. The SMILES string of the molecule is CCc1ccc(C(=O)OCC(=O)c2c(N)n(C)c(=O)[nH]c2=O)cc1. The molecule has 0 saturated heterocycles. The highest BCUT2D eigenvalue weighted by Gasteiger charge is 2.20. The maximum absolute atomic E-state index is 12.1. The Morgan fingerprint density at radius 3 is 2.42 bits per heavy atom. The van der Waals surface area contributed by atoms with Crippen molar-refractivity contribution in [3.05, 3.63) is 61.8 Å². The number of H-pyrrole nitrogens is 1. The van der Waals surface area contributed by atoms with Gasteiger partial charge in [-0.2, -0.15) is 0 Å². The molecule has 0 aliphatic heterocycles. The van der Waals surface area contributed by atoms with Crippen molar-refractivity contribution >= 4 is 17.6 Å². The Kier molecular flexibility index (Phi) is 4.98. The number of carbonyl (C=O) groups excluding carboxylic acids is 2. The number of esters is 1. The van der Waals surface area contributed by atoms with Crippen LogP contribution in [0, 0.1) is 0 Å². The van der Waals surface area contributed by atoms with Crippen molar-refractivity contribution in [2.45, 2.75) is 13.3 Å². The zero-order valence-corrected chi connectivity index (χ0v) is 13.3. The summed E-state index contributed by atoms with van der Waals surface area (Å²) >= 11 is 0. The second-order valence-corrected chi connectivity index (χ2v) is 5.13. The number of ether oxygens (including phenoxy) is 1. The molecule has 1 heterocycles. The molecule has 0 aliphatic rings. The van der Waals surface area contributed by atoms with Gasteiger partial charge >= 0.3 is 11.7 Å². The molecule has 0 unspecified atom stereocenters. The van der Waals surface area contributed by atoms with E-state index >= 15 is 0 Å². The number of nitrogens with one attached hydrogen (secondary N) is 1. The van der Waals surface area contributed by atoms with Crippen LogP contribution in [-0.2, 0) is 18.2 Å². The summed E-state index contributed by atoms with van der Waals surface area (Å²) < 4.78 is 5.84. The number of aromatic nitrogens is 2. The fourth-order valence-electron chi connectivity index (χ4n) is 2.07. The molecule has 8 heteroatoms. The summed E-state index contributed by atoms with van der Waals surface area (Å²) in [5.74, 6) is -1.76. The molecular weight excluding hydrogens is 314 g/mol. The molecular formula is C16H17N3O5. The van der Waals surface area contributed by atoms with E-state index in [9.17, 15) is 19.2 Å². The van der Waals surface area contributed by atoms with Gasteiger partial charge in [-0.3, -0.25) is 19.1 Å². The number of anilines is 1. The normalized spacial score (nSPS) is 10.4. The summed E-state index contributed by atoms with van der Waals surface area (Å²) in [5.41, 5.74) is 4.91. The zero-order chi connectivity index (χ0) is 17.9. The quantitative estimate of drug-likeness (QED) is 0.598. The first-order valence-corrected chi connectivity index (χ1v) is 7.23. The van der Waals surface area contributed by atoms with Crippen LogP contribution in [0.15, 0.2) is 33.9 Å². The summed E-state index contributed by atoms with van der Waals surface area (Å²) in [5, 5.41) is 0. The van der Waals surface area contributed by atoms with Crippen LogP contribution < -0.4 is 17.0 Å². The van der Waals surface area contributed by atoms with Gasteiger partial charge in [0, 0.05) is 7.05 Å². The maximum atomic E-state index is 12.1. The number of carbonyl (C=O) groups is 2. The molecule has 0 spiro atoms. The van der Waals surface area contributed by atoms with E-state index in [1.54, 1.807) is 24.3 Å². The van der Waals surface area contributed by atoms with Crippen molar-refractivity contribution in [2.75, 3.05) is 12.3 Å². The van der Waals surface area contributed by atoms with Gasteiger partial charge in [-0.1, -0.05) is 19.1 Å². The third-order valence-electron chi connectivity index (χ3n) is 3.58. The van der Waals surface area contributed by atoms with Gasteiger partial charge in [0.2, 0.25) is 5.78 Å². The van der Waals surface area contributed by atoms with E-state index in [2.05, 4.69) is 0 Å². The van der Waals surface area contributed by atoms with Crippen molar-refractivity contribution in [1.29, 1.82) is 0 Å². The number of hydrogen-bond donors (Lipinski definition) is 2. The Hall–Kier alpha value is -3.16. The molecule has 1 aromatic heterocycles. The lowest BCUT2D eigenvalue weighted by atomic mass is 10.1. The zero-order valence-electron chi connectivity index (χ0n) is 13.3. The van der Waals surface area contributed by atoms with Gasteiger partial charge in [0.15, 0.2) is 6.61 Å². The highest BCUT2D eigenvalue weighted by molar-refractivity contribution is 6.02. The van der Waals surface area contributed by atoms with Crippen LogP contribution in [0.25, 0.3) is 0 Å². The van der Waals surface area contributed by atoms with Gasteiger partial charge in [0.25, 0.3) is 5.56 Å². The number of nitrogen functional groups attached to an aromatic ring is 1. The van der Waals surface area contributed by atoms with E-state index < -0.39 is 35.2 Å². The van der Waals surface area contributed by atoms with Crippen molar-refractivity contribution in [1.82, 2.24) is 9.55 Å². The third kappa shape index (κ3) is 3.43. The van der Waals surface area contributed by atoms with Crippen molar-refractivity contribution < 1.29 is 14.3 Å². The summed E-state index contributed by atoms with van der Waals surface area (Å²) in [6.07, 6.45) is 0.836. The number of benzene rings is 1. The molecule has 0 bridgehead atoms. The lowest BCUT2D eigenvalue weighted by Gasteiger charge is -2.08. The summed E-state index contributed by atoms with van der Waals surface area (Å²) in [7, 11) is 1.31. The average Bonchev–Trinajstić information content (AvgIpc) is 2.57. The molecule has 2 rings (SSSR count). The van der Waals surface area contributed by atoms with Gasteiger partial charge in [-0.15, -0.1) is 0 Å². The highest BCUT2D eigenvalue weighted by Crippen LogP contribution is 2.08. The third-order valence-corrected chi connectivity index (χ3v) is 3.58. The number of ketones is 1. The first-order valence-electron chi connectivity index (χ1n) is 7.23. The number of nitrogens with zero attached hydrogens (tertiary/aromatic N) is 1. The summed E-state index contributed by atoms with van der Waals surface area (Å²) in [6, 6.07) is 6.76. The van der Waals surface area contributed by atoms with Gasteiger partial charge in [-0.05, 0) is 24.1 Å². The van der Waals surface area contributed by atoms with Crippen LogP contribution in [-0.4, -0.2) is 27.9 Å². The Morgan fingerprint density at radius 1 is 1.21 bits per heavy atom. The molecule has 0 fully saturated rings. The van der Waals surface area contributed by atoms with Crippen LogP contribution in [0.5, 0.6) is 0 Å². The van der Waals surface area contributed by atoms with Gasteiger partial charge in [0.05, 0.1) is 5.56 Å². The first-order chi connectivity index (χ1) is 11.3. The Balaban J connectivity index is 2.13. The predicted molar refractivity (Wildman–Crippen MR) is 87.1 cm³/mol. The van der Waals surface area contributed by atoms with Crippen molar-refractivity contribution in [2.24, 2.45) is 7.05 Å². The largest absolute Gasteiger partial charge is 0.454 e. The molecule has 0 saturated carbocycles. The van der Waals surface area contributed by atoms with Gasteiger partial charge < -0.3 is 10.5 Å². The lowest BCUT2D eigenvalue weighted by molar-refractivity contribution is 0.0474. The monoisotopic (exact) mass is 331 g/mol. The lowest BCUT2D eigenvalue weighted by Crippen LogP contribution is -2.35. The minimum absolute atomic E-state index is 0.280. The van der Waals surface area contributed by atoms with E-state index in [-0.39, 0.29) is 5.82 Å². The minimum Gasteiger partial charge on any atom is -0.454 e. The molecule has 24 heavy (non-hydrogen) atoms. The molecule has 3 N–H and O–H groups in total. The topological polar surface area (TPSA) is 124 Å². The van der Waals surface area contributed by atoms with E-state index in [1.807, 2.05) is 11.9 Å². The van der Waals surface area contributed by atoms with E-state index in [0.717, 1.165) is 16.6 Å². The molecule has 0 amide bonds. The second-order valence-electron chi connectivity index (χ2n) is 5.13. The van der Waals surface area contributed by atoms with Crippen molar-refractivity contribution in [3.8, 4) is 0 Å². The van der Waals surface area contributed by atoms with Gasteiger partial charge in [0.1, 0.15) is 11.4 Å². The highest BCUT2D eigenvalue weighted by atomic mass is 16.5. The van der Waals surface area contributed by atoms with Crippen LogP contribution in [0.2, 0.25) is 0 Å². The van der Waals surface area contributed by atoms with Crippen LogP contribution >= 0.6 is 0 Å². The Morgan fingerprint density at radius 2 is 1.83 bits per heavy atom. The molecule has 8 nitrogen and oxygen atoms in total. The average molecular weight is 331 g/mol. The van der Waals surface area contributed by atoms with E-state index in [1.165, 1.54) is 7.05 Å². The maximum Gasteiger partial charge on any atom is 0.338 e. The second kappa shape index (κ2) is 6.95. The number of aryl methyl sites for hydroxylation is 1. The standard InChI is InChI=1S/C16H17N3O5/c1-3-9-4-6-10(7-5-9)15(22)24-8-11(20)12-13(17)19(2)16(23)18-14(12)21/h4-7H,3,8,17H2,1-2H3,(H,18,21,23). The fourth-order valence-corrected chi connectivity index (χ4v) is 2.07. The molecule has 0 atom stereocenters. The van der Waals surface area contributed by atoms with E-state index in [0.29, 0.717) is 5.56 Å². The minimum atomic E-state index is -0.913. The number of nitrogens with two attached hydrogens (primary N) is 1. The molecule has 126 valence electrons. The predicted octanol–water partition coefficient (Wildman–Crippen LogP) is 0.258. The molecule has 2 aromatic rings.